The van der Waals surface area contributed by atoms with Gasteiger partial charge in [-0.2, -0.15) is 0 Å². The fourth-order valence-electron chi connectivity index (χ4n) is 1.99. The minimum Gasteiger partial charge on any atom is -0.465 e. The van der Waals surface area contributed by atoms with E-state index in [0.29, 0.717) is 19.7 Å². The number of benzene rings is 1. The maximum absolute atomic E-state index is 11.5. The van der Waals surface area contributed by atoms with E-state index in [0.717, 1.165) is 5.56 Å². The lowest BCUT2D eigenvalue weighted by molar-refractivity contribution is -0.145. The zero-order valence-corrected chi connectivity index (χ0v) is 11.9. The summed E-state index contributed by atoms with van der Waals surface area (Å²) < 4.78 is 4.93. The second kappa shape index (κ2) is 7.26. The van der Waals surface area contributed by atoms with E-state index >= 15 is 0 Å². The highest BCUT2D eigenvalue weighted by molar-refractivity contribution is 5.71. The Labute approximate surface area is 115 Å². The zero-order valence-electron chi connectivity index (χ0n) is 11.9. The number of aliphatic hydroxyl groups is 1. The van der Waals surface area contributed by atoms with Crippen LogP contribution in [0.15, 0.2) is 30.3 Å². The molecule has 0 radical (unpaired) electrons. The summed E-state index contributed by atoms with van der Waals surface area (Å²) in [4.78, 5) is 13.4. The van der Waals surface area contributed by atoms with Crippen LogP contribution in [0, 0.1) is 0 Å². The summed E-state index contributed by atoms with van der Waals surface area (Å²) in [7, 11) is 0. The first kappa shape index (κ1) is 15.7. The maximum atomic E-state index is 11.5. The topological polar surface area (TPSA) is 49.8 Å². The molecule has 0 saturated carbocycles. The number of rotatable bonds is 7. The Morgan fingerprint density at radius 2 is 1.95 bits per heavy atom. The third kappa shape index (κ3) is 5.01. The summed E-state index contributed by atoms with van der Waals surface area (Å²) in [6.45, 7) is 7.16. The van der Waals surface area contributed by atoms with Crippen molar-refractivity contribution in [2.24, 2.45) is 0 Å². The summed E-state index contributed by atoms with van der Waals surface area (Å²) in [5.41, 5.74) is -0.138. The molecule has 0 saturated heterocycles. The van der Waals surface area contributed by atoms with E-state index in [9.17, 15) is 9.90 Å². The fraction of sp³-hybridized carbons (Fsp3) is 0.533. The molecule has 1 rings (SSSR count). The number of carbonyl (C=O) groups excluding carboxylic acids is 1. The SMILES string of the molecule is CCOC(=O)CN(CC)CC(C)(O)c1ccccc1. The molecule has 0 fully saturated rings. The van der Waals surface area contributed by atoms with Crippen LogP contribution >= 0.6 is 0 Å². The molecule has 4 heteroatoms. The van der Waals surface area contributed by atoms with E-state index in [2.05, 4.69) is 0 Å². The summed E-state index contributed by atoms with van der Waals surface area (Å²) in [5, 5.41) is 10.5. The third-order valence-corrected chi connectivity index (χ3v) is 3.03. The van der Waals surface area contributed by atoms with E-state index in [-0.39, 0.29) is 12.5 Å². The highest BCUT2D eigenvalue weighted by Crippen LogP contribution is 2.21. The molecule has 0 bridgehead atoms. The van der Waals surface area contributed by atoms with Gasteiger partial charge in [0, 0.05) is 6.54 Å². The first-order chi connectivity index (χ1) is 8.99. The van der Waals surface area contributed by atoms with Crippen molar-refractivity contribution >= 4 is 5.97 Å². The monoisotopic (exact) mass is 265 g/mol. The van der Waals surface area contributed by atoms with Crippen molar-refractivity contribution < 1.29 is 14.6 Å². The summed E-state index contributed by atoms with van der Waals surface area (Å²) in [5.74, 6) is -0.256. The van der Waals surface area contributed by atoms with Crippen LogP contribution in [0.2, 0.25) is 0 Å². The molecule has 0 aromatic heterocycles. The molecule has 1 aromatic rings. The van der Waals surface area contributed by atoms with Crippen molar-refractivity contribution in [2.45, 2.75) is 26.4 Å². The standard InChI is InChI=1S/C15H23NO3/c1-4-16(11-14(17)19-5-2)12-15(3,18)13-9-7-6-8-10-13/h6-10,18H,4-5,11-12H2,1-3H3. The van der Waals surface area contributed by atoms with Gasteiger partial charge >= 0.3 is 5.97 Å². The van der Waals surface area contributed by atoms with Crippen LogP contribution in [0.1, 0.15) is 26.3 Å². The van der Waals surface area contributed by atoms with Gasteiger partial charge in [0.05, 0.1) is 18.8 Å². The molecule has 4 nitrogen and oxygen atoms in total. The van der Waals surface area contributed by atoms with E-state index < -0.39 is 5.60 Å². The Balaban J connectivity index is 2.66. The smallest absolute Gasteiger partial charge is 0.320 e. The lowest BCUT2D eigenvalue weighted by Crippen LogP contribution is -2.41. The summed E-state index contributed by atoms with van der Waals surface area (Å²) in [6.07, 6.45) is 0. The molecule has 1 unspecified atom stereocenters. The van der Waals surface area contributed by atoms with Crippen molar-refractivity contribution in [3.63, 3.8) is 0 Å². The Morgan fingerprint density at radius 1 is 1.32 bits per heavy atom. The van der Waals surface area contributed by atoms with Gasteiger partial charge in [-0.1, -0.05) is 37.3 Å². The average Bonchev–Trinajstić information content (AvgIpc) is 2.39. The molecule has 0 spiro atoms. The van der Waals surface area contributed by atoms with E-state index in [1.807, 2.05) is 42.2 Å². The number of likely N-dealkylation sites (N-methyl/N-ethyl adjacent to an activating group) is 1. The maximum Gasteiger partial charge on any atom is 0.320 e. The quantitative estimate of drug-likeness (QED) is 0.764. The molecule has 19 heavy (non-hydrogen) atoms. The van der Waals surface area contributed by atoms with Crippen LogP contribution in [0.3, 0.4) is 0 Å². The largest absolute Gasteiger partial charge is 0.465 e. The molecule has 0 aliphatic heterocycles. The van der Waals surface area contributed by atoms with Crippen LogP contribution in [-0.2, 0) is 15.1 Å². The predicted molar refractivity (Wildman–Crippen MR) is 74.8 cm³/mol. The van der Waals surface area contributed by atoms with Crippen LogP contribution < -0.4 is 0 Å². The van der Waals surface area contributed by atoms with Gasteiger partial charge in [0.25, 0.3) is 0 Å². The van der Waals surface area contributed by atoms with Crippen LogP contribution in [0.5, 0.6) is 0 Å². The molecule has 0 aliphatic rings. The minimum atomic E-state index is -0.982. The number of nitrogens with zero attached hydrogens (tertiary/aromatic N) is 1. The van der Waals surface area contributed by atoms with Crippen molar-refractivity contribution in [3.05, 3.63) is 35.9 Å². The minimum absolute atomic E-state index is 0.202. The van der Waals surface area contributed by atoms with Crippen molar-refractivity contribution in [2.75, 3.05) is 26.2 Å². The molecular weight excluding hydrogens is 242 g/mol. The highest BCUT2D eigenvalue weighted by atomic mass is 16.5. The van der Waals surface area contributed by atoms with Crippen LogP contribution in [0.25, 0.3) is 0 Å². The molecule has 106 valence electrons. The first-order valence-corrected chi connectivity index (χ1v) is 6.65. The van der Waals surface area contributed by atoms with E-state index in [4.69, 9.17) is 4.74 Å². The van der Waals surface area contributed by atoms with E-state index in [1.165, 1.54) is 0 Å². The van der Waals surface area contributed by atoms with Gasteiger partial charge in [0.15, 0.2) is 0 Å². The molecule has 1 atom stereocenters. The zero-order chi connectivity index (χ0) is 14.3. The van der Waals surface area contributed by atoms with Gasteiger partial charge in [-0.15, -0.1) is 0 Å². The highest BCUT2D eigenvalue weighted by Gasteiger charge is 2.26. The molecule has 0 heterocycles. The predicted octanol–water partition coefficient (Wildman–Crippen LogP) is 1.78. The average molecular weight is 265 g/mol. The normalized spacial score (nSPS) is 14.2. The summed E-state index contributed by atoms with van der Waals surface area (Å²) in [6, 6.07) is 9.48. The van der Waals surface area contributed by atoms with Crippen LogP contribution in [-0.4, -0.2) is 42.2 Å². The van der Waals surface area contributed by atoms with Gasteiger partial charge in [-0.3, -0.25) is 9.69 Å². The molecule has 1 N–H and O–H groups in total. The first-order valence-electron chi connectivity index (χ1n) is 6.65. The Morgan fingerprint density at radius 3 is 2.47 bits per heavy atom. The van der Waals surface area contributed by atoms with Gasteiger partial charge < -0.3 is 9.84 Å². The number of hydrogen-bond donors (Lipinski definition) is 1. The molecule has 0 aliphatic carbocycles. The van der Waals surface area contributed by atoms with Crippen LogP contribution in [0.4, 0.5) is 0 Å². The van der Waals surface area contributed by atoms with Crippen molar-refractivity contribution in [3.8, 4) is 0 Å². The van der Waals surface area contributed by atoms with Gasteiger partial charge in [-0.25, -0.2) is 0 Å². The van der Waals surface area contributed by atoms with Crippen molar-refractivity contribution in [1.82, 2.24) is 4.90 Å². The number of esters is 1. The van der Waals surface area contributed by atoms with E-state index in [1.54, 1.807) is 13.8 Å². The van der Waals surface area contributed by atoms with Gasteiger partial charge in [-0.05, 0) is 26.0 Å². The lowest BCUT2D eigenvalue weighted by Gasteiger charge is -2.30. The Bertz CT molecular complexity index is 390. The Kier molecular flexibility index (Phi) is 5.99. The lowest BCUT2D eigenvalue weighted by atomic mass is 9.95. The number of hydrogen-bond acceptors (Lipinski definition) is 4. The number of carbonyl (C=O) groups is 1. The number of ether oxygens (including phenoxy) is 1. The van der Waals surface area contributed by atoms with Gasteiger partial charge in [0.1, 0.15) is 0 Å². The second-order valence-corrected chi connectivity index (χ2v) is 4.75. The molecule has 0 amide bonds. The summed E-state index contributed by atoms with van der Waals surface area (Å²) >= 11 is 0. The third-order valence-electron chi connectivity index (χ3n) is 3.03. The molecular formula is C15H23NO3. The molecule has 1 aromatic carbocycles. The Hall–Kier alpha value is -1.39. The van der Waals surface area contributed by atoms with Crippen molar-refractivity contribution in [1.29, 1.82) is 0 Å². The fourth-order valence-corrected chi connectivity index (χ4v) is 1.99. The second-order valence-electron chi connectivity index (χ2n) is 4.75. The van der Waals surface area contributed by atoms with Gasteiger partial charge in [0.2, 0.25) is 0 Å².